The number of aromatic nitrogens is 1. The van der Waals surface area contributed by atoms with Crippen LogP contribution in [0.2, 0.25) is 0 Å². The molecule has 0 N–H and O–H groups in total. The number of Topliss-reactive ketones (excluding diaryl/α,β-unsaturated/α-hetero) is 1. The van der Waals surface area contributed by atoms with Crippen LogP contribution in [0.4, 0.5) is 0 Å². The summed E-state index contributed by atoms with van der Waals surface area (Å²) in [6.07, 6.45) is 4.96. The second kappa shape index (κ2) is 5.96. The Hall–Kier alpha value is -1.42. The Labute approximate surface area is 107 Å². The van der Waals surface area contributed by atoms with Gasteiger partial charge in [0.1, 0.15) is 5.75 Å². The first-order valence-electron chi connectivity index (χ1n) is 6.50. The number of rotatable bonds is 5. The Morgan fingerprint density at radius 2 is 2.33 bits per heavy atom. The highest BCUT2D eigenvalue weighted by Gasteiger charge is 2.33. The molecule has 2 atom stereocenters. The number of hydrogen-bond acceptors (Lipinski definition) is 4. The Bertz CT molecular complexity index is 419. The van der Waals surface area contributed by atoms with Gasteiger partial charge in [-0.25, -0.2) is 0 Å². The fourth-order valence-corrected chi connectivity index (χ4v) is 2.36. The molecule has 98 valence electrons. The van der Waals surface area contributed by atoms with Crippen LogP contribution in [0.3, 0.4) is 0 Å². The van der Waals surface area contributed by atoms with Gasteiger partial charge in [0.25, 0.3) is 0 Å². The molecule has 0 bridgehead atoms. The molecule has 1 aromatic heterocycles. The van der Waals surface area contributed by atoms with Crippen LogP contribution in [-0.4, -0.2) is 30.1 Å². The van der Waals surface area contributed by atoms with Gasteiger partial charge in [0.2, 0.25) is 0 Å². The summed E-state index contributed by atoms with van der Waals surface area (Å²) >= 11 is 0. The van der Waals surface area contributed by atoms with Gasteiger partial charge in [-0.1, -0.05) is 6.92 Å². The second-order valence-corrected chi connectivity index (χ2v) is 4.42. The molecule has 0 aliphatic carbocycles. The highest BCUT2D eigenvalue weighted by Crippen LogP contribution is 2.27. The van der Waals surface area contributed by atoms with Gasteiger partial charge in [-0.05, 0) is 25.8 Å². The number of ketones is 1. The van der Waals surface area contributed by atoms with Crippen molar-refractivity contribution in [3.8, 4) is 5.75 Å². The van der Waals surface area contributed by atoms with Crippen molar-refractivity contribution >= 4 is 5.78 Å². The van der Waals surface area contributed by atoms with Crippen molar-refractivity contribution < 1.29 is 14.3 Å². The molecule has 1 saturated heterocycles. The third-order valence-corrected chi connectivity index (χ3v) is 3.26. The molecule has 1 aromatic rings. The lowest BCUT2D eigenvalue weighted by Gasteiger charge is -2.15. The van der Waals surface area contributed by atoms with Crippen molar-refractivity contribution in [1.29, 1.82) is 0 Å². The monoisotopic (exact) mass is 249 g/mol. The fraction of sp³-hybridized carbons (Fsp3) is 0.571. The molecule has 4 heteroatoms. The van der Waals surface area contributed by atoms with E-state index < -0.39 is 0 Å². The predicted octanol–water partition coefficient (Wildman–Crippen LogP) is 2.48. The highest BCUT2D eigenvalue weighted by molar-refractivity contribution is 5.98. The maximum Gasteiger partial charge on any atom is 0.170 e. The lowest BCUT2D eigenvalue weighted by molar-refractivity contribution is 0.0688. The normalized spacial score (nSPS) is 23.0. The lowest BCUT2D eigenvalue weighted by atomic mass is 9.91. The number of carbonyl (C=O) groups excluding carboxylic acids is 1. The van der Waals surface area contributed by atoms with Gasteiger partial charge < -0.3 is 9.47 Å². The average molecular weight is 249 g/mol. The standard InChI is InChI=1S/C14H19NO3/c1-3-13-12(5-6-18-13)14(16)10-7-11(17-4-2)9-15-8-10/h7-9,12-13H,3-6H2,1-2H3. The van der Waals surface area contributed by atoms with Crippen LogP contribution in [0.5, 0.6) is 5.75 Å². The van der Waals surface area contributed by atoms with Crippen LogP contribution in [0.1, 0.15) is 37.0 Å². The van der Waals surface area contributed by atoms with Crippen LogP contribution in [0.15, 0.2) is 18.5 Å². The molecule has 0 radical (unpaired) electrons. The third kappa shape index (κ3) is 2.70. The van der Waals surface area contributed by atoms with Crippen molar-refractivity contribution in [3.05, 3.63) is 24.0 Å². The molecule has 4 nitrogen and oxygen atoms in total. The summed E-state index contributed by atoms with van der Waals surface area (Å²) < 4.78 is 10.9. The van der Waals surface area contributed by atoms with Crippen molar-refractivity contribution in [3.63, 3.8) is 0 Å². The molecule has 1 fully saturated rings. The Balaban J connectivity index is 2.15. The quantitative estimate of drug-likeness (QED) is 0.752. The minimum atomic E-state index is -0.0336. The fourth-order valence-electron chi connectivity index (χ4n) is 2.36. The van der Waals surface area contributed by atoms with Crippen LogP contribution in [0, 0.1) is 5.92 Å². The van der Waals surface area contributed by atoms with Gasteiger partial charge in [-0.2, -0.15) is 0 Å². The number of pyridine rings is 1. The number of carbonyl (C=O) groups is 1. The zero-order valence-electron chi connectivity index (χ0n) is 10.9. The van der Waals surface area contributed by atoms with E-state index >= 15 is 0 Å². The van der Waals surface area contributed by atoms with E-state index in [0.717, 1.165) is 12.8 Å². The summed E-state index contributed by atoms with van der Waals surface area (Å²) in [5, 5.41) is 0. The topological polar surface area (TPSA) is 48.4 Å². The summed E-state index contributed by atoms with van der Waals surface area (Å²) in [6, 6.07) is 1.77. The van der Waals surface area contributed by atoms with Crippen LogP contribution in [-0.2, 0) is 4.74 Å². The minimum Gasteiger partial charge on any atom is -0.492 e. The molecule has 0 aromatic carbocycles. The SMILES string of the molecule is CCOc1cncc(C(=O)C2CCOC2CC)c1. The molecule has 0 saturated carbocycles. The summed E-state index contributed by atoms with van der Waals surface area (Å²) in [4.78, 5) is 16.5. The van der Waals surface area contributed by atoms with Crippen molar-refractivity contribution in [1.82, 2.24) is 4.98 Å². The molecular formula is C14H19NO3. The second-order valence-electron chi connectivity index (χ2n) is 4.42. The van der Waals surface area contributed by atoms with Gasteiger partial charge in [-0.3, -0.25) is 9.78 Å². The van der Waals surface area contributed by atoms with Gasteiger partial charge in [0.15, 0.2) is 5.78 Å². The van der Waals surface area contributed by atoms with Crippen LogP contribution >= 0.6 is 0 Å². The van der Waals surface area contributed by atoms with E-state index in [4.69, 9.17) is 9.47 Å². The minimum absolute atomic E-state index is 0.0336. The van der Waals surface area contributed by atoms with Crippen LogP contribution < -0.4 is 4.74 Å². The van der Waals surface area contributed by atoms with E-state index in [1.807, 2.05) is 13.8 Å². The molecule has 0 spiro atoms. The summed E-state index contributed by atoms with van der Waals surface area (Å²) in [6.45, 7) is 5.20. The summed E-state index contributed by atoms with van der Waals surface area (Å²) in [5.41, 5.74) is 0.620. The van der Waals surface area contributed by atoms with Gasteiger partial charge in [-0.15, -0.1) is 0 Å². The zero-order chi connectivity index (χ0) is 13.0. The molecule has 1 aliphatic rings. The Morgan fingerprint density at radius 3 is 3.06 bits per heavy atom. The van der Waals surface area contributed by atoms with E-state index in [1.165, 1.54) is 0 Å². The van der Waals surface area contributed by atoms with E-state index in [0.29, 0.717) is 24.5 Å². The number of hydrogen-bond donors (Lipinski definition) is 0. The average Bonchev–Trinajstić information content (AvgIpc) is 2.87. The molecule has 0 amide bonds. The molecule has 2 rings (SSSR count). The van der Waals surface area contributed by atoms with Gasteiger partial charge in [0.05, 0.1) is 24.8 Å². The maximum atomic E-state index is 12.4. The smallest absolute Gasteiger partial charge is 0.170 e. The Kier molecular flexibility index (Phi) is 4.31. The van der Waals surface area contributed by atoms with E-state index in [9.17, 15) is 4.79 Å². The molecule has 2 heterocycles. The molecular weight excluding hydrogens is 230 g/mol. The molecule has 18 heavy (non-hydrogen) atoms. The first-order chi connectivity index (χ1) is 8.76. The largest absolute Gasteiger partial charge is 0.492 e. The molecule has 2 unspecified atom stereocenters. The first-order valence-corrected chi connectivity index (χ1v) is 6.50. The predicted molar refractivity (Wildman–Crippen MR) is 67.9 cm³/mol. The third-order valence-electron chi connectivity index (χ3n) is 3.26. The van der Waals surface area contributed by atoms with Crippen molar-refractivity contribution in [2.24, 2.45) is 5.92 Å². The highest BCUT2D eigenvalue weighted by atomic mass is 16.5. The zero-order valence-corrected chi connectivity index (χ0v) is 10.9. The van der Waals surface area contributed by atoms with Gasteiger partial charge >= 0.3 is 0 Å². The lowest BCUT2D eigenvalue weighted by Crippen LogP contribution is -2.23. The summed E-state index contributed by atoms with van der Waals surface area (Å²) in [7, 11) is 0. The van der Waals surface area contributed by atoms with E-state index in [1.54, 1.807) is 18.5 Å². The number of nitrogens with zero attached hydrogens (tertiary/aromatic N) is 1. The van der Waals surface area contributed by atoms with E-state index in [-0.39, 0.29) is 17.8 Å². The van der Waals surface area contributed by atoms with Crippen molar-refractivity contribution in [2.45, 2.75) is 32.8 Å². The number of ether oxygens (including phenoxy) is 2. The van der Waals surface area contributed by atoms with E-state index in [2.05, 4.69) is 4.98 Å². The Morgan fingerprint density at radius 1 is 1.50 bits per heavy atom. The molecule has 1 aliphatic heterocycles. The first kappa shape index (κ1) is 13.0. The summed E-state index contributed by atoms with van der Waals surface area (Å²) in [5.74, 6) is 0.734. The maximum absolute atomic E-state index is 12.4. The van der Waals surface area contributed by atoms with Gasteiger partial charge in [0, 0.05) is 18.4 Å². The van der Waals surface area contributed by atoms with Crippen molar-refractivity contribution in [2.75, 3.05) is 13.2 Å². The van der Waals surface area contributed by atoms with Crippen LogP contribution in [0.25, 0.3) is 0 Å².